The molecule has 13 aromatic carbocycles. The lowest BCUT2D eigenvalue weighted by Crippen LogP contribution is -2.39. The van der Waals surface area contributed by atoms with E-state index in [2.05, 4.69) is 254 Å². The first-order chi connectivity index (χ1) is 34.3. The molecule has 69 heavy (non-hydrogen) atoms. The van der Waals surface area contributed by atoms with Crippen molar-refractivity contribution in [2.24, 2.45) is 0 Å². The maximum absolute atomic E-state index is 6.69. The minimum atomic E-state index is -0.605. The Balaban J connectivity index is 1.07. The van der Waals surface area contributed by atoms with Gasteiger partial charge in [0, 0.05) is 16.8 Å². The molecule has 0 amide bonds. The highest BCUT2D eigenvalue weighted by Gasteiger charge is 2.51. The molecule has 0 aliphatic carbocycles. The Kier molecular flexibility index (Phi) is 8.02. The third kappa shape index (κ3) is 5.26. The summed E-state index contributed by atoms with van der Waals surface area (Å²) in [4.78, 5) is 2.49. The molecule has 2 heterocycles. The van der Waals surface area contributed by atoms with Gasteiger partial charge in [0.2, 0.25) is 0 Å². The molecule has 0 saturated carbocycles. The summed E-state index contributed by atoms with van der Waals surface area (Å²) in [5.41, 5.74) is 7.53. The molecule has 13 aromatic rings. The number of fused-ring (bicyclic) bond motifs is 24. The standard InChI is InChI=1S/C67H41NO/c1-2-20-44-43(19-1)45-21-3-6-24-48(45)55-40-57-50-26-8-5-23-47(50)53-38-37-42(39-54(53)51-27-9-10-28-52(51)58(57)41-56(55)49-25-7-4-22-46(44)49)68-63-33-15-11-29-59(63)67(60-30-12-16-34-64(60)68)61-31-13-17-35-65(61)69-66-36-18-14-32-62(66)67/h1-41H. The van der Waals surface area contributed by atoms with E-state index in [4.69, 9.17) is 4.74 Å². The summed E-state index contributed by atoms with van der Waals surface area (Å²) in [5.74, 6) is 1.77. The number of ether oxygens (including phenoxy) is 1. The fraction of sp³-hybridized carbons (Fsp3) is 0.0149. The van der Waals surface area contributed by atoms with Gasteiger partial charge >= 0.3 is 0 Å². The Labute approximate surface area is 398 Å². The lowest BCUT2D eigenvalue weighted by molar-refractivity contribution is 0.434. The second-order valence-corrected chi connectivity index (χ2v) is 18.6. The summed E-state index contributed by atoms with van der Waals surface area (Å²) >= 11 is 0. The number of benzene rings is 11. The molecule has 0 fully saturated rings. The molecule has 0 bridgehead atoms. The number of hydrogen-bond acceptors (Lipinski definition) is 2. The lowest BCUT2D eigenvalue weighted by atomic mass is 9.61. The molecular weight excluding hydrogens is 835 g/mol. The van der Waals surface area contributed by atoms with Crippen molar-refractivity contribution in [2.45, 2.75) is 5.41 Å². The van der Waals surface area contributed by atoms with Gasteiger partial charge in [-0.3, -0.25) is 0 Å². The second-order valence-electron chi connectivity index (χ2n) is 18.6. The summed E-state index contributed by atoms with van der Waals surface area (Å²) in [5, 5.41) is 19.7. The van der Waals surface area contributed by atoms with E-state index in [0.29, 0.717) is 0 Å². The highest BCUT2D eigenvalue weighted by Crippen LogP contribution is 2.62. The predicted molar refractivity (Wildman–Crippen MR) is 291 cm³/mol. The molecule has 0 radical (unpaired) electrons. The monoisotopic (exact) mass is 875 g/mol. The SMILES string of the molecule is c1ccc2c(c1)Oc1ccccc1C21c2ccccc2N(c2ccc3c4ccccc4c4cc5c6ccccc6c6ccccc6c6ccccc6c5cc4c4ccccc4c3c2)c2ccccc21. The van der Waals surface area contributed by atoms with Crippen molar-refractivity contribution in [3.05, 3.63) is 271 Å². The summed E-state index contributed by atoms with van der Waals surface area (Å²) in [6.45, 7) is 0. The van der Waals surface area contributed by atoms with E-state index in [-0.39, 0.29) is 0 Å². The third-order valence-corrected chi connectivity index (χ3v) is 15.3. The third-order valence-electron chi connectivity index (χ3n) is 15.3. The Morgan fingerprint density at radius 1 is 0.232 bits per heavy atom. The fourth-order valence-corrected chi connectivity index (χ4v) is 12.5. The van der Waals surface area contributed by atoms with Crippen molar-refractivity contribution in [1.29, 1.82) is 0 Å². The maximum atomic E-state index is 6.69. The molecule has 0 unspecified atom stereocenters. The van der Waals surface area contributed by atoms with Crippen molar-refractivity contribution in [3.8, 4) is 11.5 Å². The zero-order chi connectivity index (χ0) is 45.2. The topological polar surface area (TPSA) is 12.5 Å². The first-order valence-corrected chi connectivity index (χ1v) is 23.9. The van der Waals surface area contributed by atoms with Crippen LogP contribution in [0.25, 0.3) is 86.2 Å². The van der Waals surface area contributed by atoms with Crippen LogP contribution in [0.4, 0.5) is 17.1 Å². The minimum absolute atomic E-state index is 0.605. The van der Waals surface area contributed by atoms with Crippen LogP contribution >= 0.6 is 0 Å². The van der Waals surface area contributed by atoms with Gasteiger partial charge in [-0.05, 0) is 146 Å². The maximum Gasteiger partial charge on any atom is 0.132 e. The minimum Gasteiger partial charge on any atom is -0.457 e. The van der Waals surface area contributed by atoms with Gasteiger partial charge in [0.25, 0.3) is 0 Å². The van der Waals surface area contributed by atoms with Crippen LogP contribution in [-0.2, 0) is 5.41 Å². The van der Waals surface area contributed by atoms with E-state index < -0.39 is 5.41 Å². The summed E-state index contributed by atoms with van der Waals surface area (Å²) in [6.07, 6.45) is 0. The van der Waals surface area contributed by atoms with Gasteiger partial charge < -0.3 is 9.64 Å². The van der Waals surface area contributed by atoms with Crippen LogP contribution in [0.15, 0.2) is 249 Å². The number of hydrogen-bond donors (Lipinski definition) is 0. The summed E-state index contributed by atoms with van der Waals surface area (Å²) in [6, 6.07) is 92.3. The highest BCUT2D eigenvalue weighted by atomic mass is 16.5. The molecule has 320 valence electrons. The van der Waals surface area contributed by atoms with Gasteiger partial charge in [0.15, 0.2) is 0 Å². The Bertz CT molecular complexity index is 4340. The molecule has 2 aliphatic rings. The van der Waals surface area contributed by atoms with Gasteiger partial charge in [-0.25, -0.2) is 0 Å². The number of nitrogens with zero attached hydrogens (tertiary/aromatic N) is 1. The molecule has 15 rings (SSSR count). The number of para-hydroxylation sites is 4. The summed E-state index contributed by atoms with van der Waals surface area (Å²) in [7, 11) is 0. The van der Waals surface area contributed by atoms with E-state index >= 15 is 0 Å². The highest BCUT2D eigenvalue weighted by molar-refractivity contribution is 6.32. The average Bonchev–Trinajstić information content (AvgIpc) is 3.42. The zero-order valence-electron chi connectivity index (χ0n) is 37.5. The van der Waals surface area contributed by atoms with Crippen LogP contribution in [0.2, 0.25) is 0 Å². The molecule has 2 aliphatic heterocycles. The zero-order valence-corrected chi connectivity index (χ0v) is 37.5. The summed E-state index contributed by atoms with van der Waals surface area (Å²) < 4.78 is 6.69. The normalized spacial score (nSPS) is 13.4. The van der Waals surface area contributed by atoms with Crippen molar-refractivity contribution in [3.63, 3.8) is 0 Å². The van der Waals surface area contributed by atoms with E-state index in [0.717, 1.165) is 39.7 Å². The molecule has 0 aromatic heterocycles. The van der Waals surface area contributed by atoms with Crippen molar-refractivity contribution in [1.82, 2.24) is 0 Å². The van der Waals surface area contributed by atoms with Gasteiger partial charge in [0.1, 0.15) is 11.5 Å². The fourth-order valence-electron chi connectivity index (χ4n) is 12.5. The van der Waals surface area contributed by atoms with Crippen molar-refractivity contribution < 1.29 is 4.74 Å². The second kappa shape index (κ2) is 14.5. The van der Waals surface area contributed by atoms with Gasteiger partial charge in [-0.1, -0.05) is 200 Å². The smallest absolute Gasteiger partial charge is 0.132 e. The lowest BCUT2D eigenvalue weighted by Gasteiger charge is -2.48. The van der Waals surface area contributed by atoms with Crippen molar-refractivity contribution >= 4 is 103 Å². The van der Waals surface area contributed by atoms with Gasteiger partial charge in [-0.15, -0.1) is 0 Å². The molecule has 2 nitrogen and oxygen atoms in total. The molecule has 0 saturated heterocycles. The van der Waals surface area contributed by atoms with Crippen LogP contribution in [0.3, 0.4) is 0 Å². The van der Waals surface area contributed by atoms with Crippen LogP contribution in [0.5, 0.6) is 11.5 Å². The van der Waals surface area contributed by atoms with Crippen LogP contribution in [0.1, 0.15) is 22.3 Å². The van der Waals surface area contributed by atoms with E-state index in [1.807, 2.05) is 0 Å². The Hall–Kier alpha value is -8.98. The van der Waals surface area contributed by atoms with Gasteiger partial charge in [-0.2, -0.15) is 0 Å². The van der Waals surface area contributed by atoms with E-state index in [9.17, 15) is 0 Å². The number of rotatable bonds is 1. The first-order valence-electron chi connectivity index (χ1n) is 23.9. The quantitative estimate of drug-likeness (QED) is 0.163. The molecular formula is C67H41NO. The molecule has 1 spiro atoms. The van der Waals surface area contributed by atoms with Crippen LogP contribution < -0.4 is 9.64 Å². The first kappa shape index (κ1) is 38.2. The van der Waals surface area contributed by atoms with E-state index in [1.165, 1.54) is 97.3 Å². The molecule has 2 heteroatoms. The Morgan fingerprint density at radius 2 is 0.507 bits per heavy atom. The predicted octanol–water partition coefficient (Wildman–Crippen LogP) is 18.3. The largest absolute Gasteiger partial charge is 0.457 e. The van der Waals surface area contributed by atoms with Crippen LogP contribution in [-0.4, -0.2) is 0 Å². The number of anilines is 3. The van der Waals surface area contributed by atoms with Gasteiger partial charge in [0.05, 0.1) is 16.8 Å². The van der Waals surface area contributed by atoms with E-state index in [1.54, 1.807) is 0 Å². The average molecular weight is 876 g/mol. The Morgan fingerprint density at radius 3 is 0.884 bits per heavy atom. The van der Waals surface area contributed by atoms with Crippen molar-refractivity contribution in [2.75, 3.05) is 4.90 Å². The van der Waals surface area contributed by atoms with Crippen LogP contribution in [0, 0.1) is 0 Å². The molecule has 0 N–H and O–H groups in total. The molecule has 0 atom stereocenters.